The van der Waals surface area contributed by atoms with E-state index in [1.165, 1.54) is 0 Å². The van der Waals surface area contributed by atoms with E-state index in [4.69, 9.17) is 0 Å². The molecule has 8 nitrogen and oxygen atoms in total. The second-order valence-corrected chi connectivity index (χ2v) is 6.27. The fourth-order valence-corrected chi connectivity index (χ4v) is 3.67. The van der Waals surface area contributed by atoms with Crippen LogP contribution < -0.4 is 10.3 Å². The van der Waals surface area contributed by atoms with Crippen LogP contribution in [-0.2, 0) is 0 Å². The maximum atomic E-state index is 4.57. The maximum absolute atomic E-state index is 4.57. The van der Waals surface area contributed by atoms with Gasteiger partial charge in [-0.1, -0.05) is 6.08 Å². The molecule has 1 fully saturated rings. The van der Waals surface area contributed by atoms with Crippen LogP contribution in [-0.4, -0.2) is 50.2 Å². The predicted octanol–water partition coefficient (Wildman–Crippen LogP) is 1.20. The van der Waals surface area contributed by atoms with Crippen molar-refractivity contribution in [2.24, 2.45) is 11.0 Å². The highest BCUT2D eigenvalue weighted by atomic mass is 15.5. The van der Waals surface area contributed by atoms with Crippen molar-refractivity contribution in [1.29, 1.82) is 0 Å². The van der Waals surface area contributed by atoms with Gasteiger partial charge in [0.1, 0.15) is 24.1 Å². The predicted molar refractivity (Wildman–Crippen MR) is 91.1 cm³/mol. The van der Waals surface area contributed by atoms with Gasteiger partial charge in [0.2, 0.25) is 0 Å². The van der Waals surface area contributed by atoms with E-state index in [0.29, 0.717) is 5.92 Å². The number of nitrogens with one attached hydrogen (secondary N) is 2. The molecule has 0 saturated carbocycles. The number of piperidine rings is 1. The molecule has 1 unspecified atom stereocenters. The zero-order valence-corrected chi connectivity index (χ0v) is 13.1. The number of aromatic amines is 1. The number of anilines is 1. The molecule has 2 aromatic heterocycles. The second-order valence-electron chi connectivity index (χ2n) is 6.27. The lowest BCUT2D eigenvalue weighted by Crippen LogP contribution is -2.43. The van der Waals surface area contributed by atoms with Crippen molar-refractivity contribution in [3.63, 3.8) is 0 Å². The fraction of sp³-hybridized carbons (Fsp3) is 0.375. The van der Waals surface area contributed by atoms with Crippen LogP contribution in [0.3, 0.4) is 0 Å². The number of H-pyrrole nitrogens is 1. The zero-order chi connectivity index (χ0) is 15.9. The summed E-state index contributed by atoms with van der Waals surface area (Å²) in [4.78, 5) is 13.2. The Morgan fingerprint density at radius 2 is 2.04 bits per heavy atom. The summed E-state index contributed by atoms with van der Waals surface area (Å²) in [5.74, 6) is 2.59. The summed E-state index contributed by atoms with van der Waals surface area (Å²) in [5, 5.41) is 12.5. The van der Waals surface area contributed by atoms with Crippen molar-refractivity contribution in [3.05, 3.63) is 37.0 Å². The Labute approximate surface area is 139 Å². The van der Waals surface area contributed by atoms with Gasteiger partial charge in [0.25, 0.3) is 0 Å². The number of amidine groups is 1. The van der Waals surface area contributed by atoms with Gasteiger partial charge >= 0.3 is 0 Å². The molecule has 0 aromatic carbocycles. The van der Waals surface area contributed by atoms with Crippen LogP contribution in [0.4, 0.5) is 5.82 Å². The lowest BCUT2D eigenvalue weighted by Gasteiger charge is -2.35. The molecule has 3 aliphatic rings. The summed E-state index contributed by atoms with van der Waals surface area (Å²) >= 11 is 0. The third-order valence-corrected chi connectivity index (χ3v) is 4.91. The van der Waals surface area contributed by atoms with E-state index in [1.54, 1.807) is 12.5 Å². The largest absolute Gasteiger partial charge is 0.356 e. The molecule has 2 N–H and O–H groups in total. The minimum atomic E-state index is 0.176. The average Bonchev–Trinajstić information content (AvgIpc) is 3.28. The molecule has 3 aliphatic heterocycles. The van der Waals surface area contributed by atoms with E-state index in [0.717, 1.165) is 48.6 Å². The quantitative estimate of drug-likeness (QED) is 0.864. The molecule has 1 saturated heterocycles. The molecule has 0 spiro atoms. The molecule has 0 bridgehead atoms. The Hall–Kier alpha value is -2.90. The monoisotopic (exact) mass is 322 g/mol. The third-order valence-electron chi connectivity index (χ3n) is 4.91. The summed E-state index contributed by atoms with van der Waals surface area (Å²) in [7, 11) is 0. The van der Waals surface area contributed by atoms with Gasteiger partial charge in [-0.15, -0.1) is 0 Å². The first kappa shape index (κ1) is 13.5. The number of rotatable bonds is 2. The van der Waals surface area contributed by atoms with Crippen LogP contribution in [0.5, 0.6) is 0 Å². The first-order valence-corrected chi connectivity index (χ1v) is 8.25. The third kappa shape index (κ3) is 2.06. The number of hydrazone groups is 1. The number of hydrogen-bond donors (Lipinski definition) is 2. The highest BCUT2D eigenvalue weighted by Gasteiger charge is 2.33. The molecular weight excluding hydrogens is 304 g/mol. The number of aromatic nitrogens is 4. The van der Waals surface area contributed by atoms with E-state index in [9.17, 15) is 0 Å². The SMILES string of the molecule is C1=CC2NN=C(C3CCN(c4ncnc5[nH]ncc45)CC3)N2C=C1. The van der Waals surface area contributed by atoms with Crippen molar-refractivity contribution in [1.82, 2.24) is 30.5 Å². The summed E-state index contributed by atoms with van der Waals surface area (Å²) in [6, 6.07) is 0. The molecule has 0 radical (unpaired) electrons. The summed E-state index contributed by atoms with van der Waals surface area (Å²) in [5.41, 5.74) is 3.99. The normalized spacial score (nSPS) is 23.5. The van der Waals surface area contributed by atoms with E-state index < -0.39 is 0 Å². The van der Waals surface area contributed by atoms with E-state index in [1.807, 2.05) is 0 Å². The molecular formula is C16H18N8. The summed E-state index contributed by atoms with van der Waals surface area (Å²) < 4.78 is 0. The average molecular weight is 322 g/mol. The second kappa shape index (κ2) is 5.33. The van der Waals surface area contributed by atoms with Gasteiger partial charge in [0.15, 0.2) is 5.65 Å². The first-order valence-electron chi connectivity index (χ1n) is 8.25. The molecule has 0 amide bonds. The van der Waals surface area contributed by atoms with Crippen LogP contribution in [0.1, 0.15) is 12.8 Å². The highest BCUT2D eigenvalue weighted by molar-refractivity contribution is 5.88. The molecule has 0 aliphatic carbocycles. The Kier molecular flexibility index (Phi) is 3.00. The fourth-order valence-electron chi connectivity index (χ4n) is 3.67. The van der Waals surface area contributed by atoms with Crippen molar-refractivity contribution >= 4 is 22.7 Å². The van der Waals surface area contributed by atoms with E-state index in [2.05, 4.69) is 64.9 Å². The molecule has 122 valence electrons. The highest BCUT2D eigenvalue weighted by Crippen LogP contribution is 2.29. The number of fused-ring (bicyclic) bond motifs is 2. The van der Waals surface area contributed by atoms with Gasteiger partial charge < -0.3 is 9.80 Å². The Bertz CT molecular complexity index is 843. The lowest BCUT2D eigenvalue weighted by atomic mass is 9.94. The van der Waals surface area contributed by atoms with Crippen LogP contribution >= 0.6 is 0 Å². The van der Waals surface area contributed by atoms with Gasteiger partial charge in [-0.05, 0) is 25.0 Å². The lowest BCUT2D eigenvalue weighted by molar-refractivity contribution is 0.408. The van der Waals surface area contributed by atoms with Crippen molar-refractivity contribution < 1.29 is 0 Å². The van der Waals surface area contributed by atoms with Gasteiger partial charge in [-0.3, -0.25) is 10.5 Å². The molecule has 1 atom stereocenters. The molecule has 5 rings (SSSR count). The Morgan fingerprint density at radius 1 is 1.12 bits per heavy atom. The zero-order valence-electron chi connectivity index (χ0n) is 13.1. The van der Waals surface area contributed by atoms with E-state index in [-0.39, 0.29) is 6.17 Å². The van der Waals surface area contributed by atoms with Gasteiger partial charge in [0.05, 0.1) is 11.6 Å². The topological polar surface area (TPSA) is 85.3 Å². The summed E-state index contributed by atoms with van der Waals surface area (Å²) in [6.07, 6.45) is 14.0. The van der Waals surface area contributed by atoms with Crippen LogP contribution in [0, 0.1) is 5.92 Å². The van der Waals surface area contributed by atoms with Crippen LogP contribution in [0.25, 0.3) is 11.0 Å². The first-order chi connectivity index (χ1) is 11.9. The minimum absolute atomic E-state index is 0.176. The summed E-state index contributed by atoms with van der Waals surface area (Å²) in [6.45, 7) is 1.91. The Morgan fingerprint density at radius 3 is 2.96 bits per heavy atom. The Balaban J connectivity index is 1.32. The number of hydrogen-bond acceptors (Lipinski definition) is 7. The molecule has 5 heterocycles. The molecule has 24 heavy (non-hydrogen) atoms. The van der Waals surface area contributed by atoms with Gasteiger partial charge in [0, 0.05) is 25.2 Å². The maximum Gasteiger partial charge on any atom is 0.160 e. The van der Waals surface area contributed by atoms with Crippen LogP contribution in [0.2, 0.25) is 0 Å². The van der Waals surface area contributed by atoms with Crippen molar-refractivity contribution in [3.8, 4) is 0 Å². The van der Waals surface area contributed by atoms with Crippen LogP contribution in [0.15, 0.2) is 42.1 Å². The smallest absolute Gasteiger partial charge is 0.160 e. The van der Waals surface area contributed by atoms with Crippen molar-refractivity contribution in [2.45, 2.75) is 19.0 Å². The molecule has 2 aromatic rings. The van der Waals surface area contributed by atoms with Gasteiger partial charge in [-0.25, -0.2) is 9.97 Å². The standard InChI is InChI=1S/C16H18N8/c1-2-6-24-13(3-1)20-22-15(24)11-4-7-23(8-5-11)16-12-9-19-21-14(12)17-10-18-16/h1-3,6,9-11,13,20H,4-5,7-8H2,(H,17,18,19,21). The van der Waals surface area contributed by atoms with Gasteiger partial charge in [-0.2, -0.15) is 10.2 Å². The number of nitrogens with zero attached hydrogens (tertiary/aromatic N) is 6. The van der Waals surface area contributed by atoms with Crippen molar-refractivity contribution in [2.75, 3.05) is 18.0 Å². The van der Waals surface area contributed by atoms with E-state index >= 15 is 0 Å². The number of allylic oxidation sites excluding steroid dienone is 2. The molecule has 8 heteroatoms. The minimum Gasteiger partial charge on any atom is -0.356 e.